The van der Waals surface area contributed by atoms with Gasteiger partial charge in [0.2, 0.25) is 0 Å². The molecule has 0 radical (unpaired) electrons. The van der Waals surface area contributed by atoms with Gasteiger partial charge in [0.05, 0.1) is 5.56 Å². The number of carboxylic acids is 1. The molecule has 0 spiro atoms. The Bertz CT molecular complexity index is 1520. The van der Waals surface area contributed by atoms with E-state index in [1.165, 1.54) is 13.0 Å². The van der Waals surface area contributed by atoms with Crippen molar-refractivity contribution in [2.24, 2.45) is 17.3 Å². The molecule has 5 atom stereocenters. The summed E-state index contributed by atoms with van der Waals surface area (Å²) in [6, 6.07) is 13.6. The van der Waals surface area contributed by atoms with E-state index in [4.69, 9.17) is 0 Å². The maximum atomic E-state index is 15.2. The number of rotatable bonds is 4. The summed E-state index contributed by atoms with van der Waals surface area (Å²) in [5, 5.41) is 20.8. The second-order valence-corrected chi connectivity index (χ2v) is 12.5. The first-order valence-corrected chi connectivity index (χ1v) is 14.3. The SMILES string of the molecule is C[C@]12C[C@H](c3ccc(-c4cccc(C(=O)O)c4)cc3)C3=C4CCC(=O)C=C4CCC3C1CC[C@@]2(O)C(F)(F)C(F)(F)F. The van der Waals surface area contributed by atoms with Crippen LogP contribution in [0.15, 0.2) is 71.3 Å². The molecule has 2 N–H and O–H groups in total. The van der Waals surface area contributed by atoms with Crippen molar-refractivity contribution in [3.63, 3.8) is 0 Å². The Morgan fingerprint density at radius 1 is 0.952 bits per heavy atom. The van der Waals surface area contributed by atoms with Crippen LogP contribution in [-0.4, -0.2) is 39.7 Å². The minimum atomic E-state index is -5.90. The Balaban J connectivity index is 1.47. The van der Waals surface area contributed by atoms with Gasteiger partial charge in [0.25, 0.3) is 0 Å². The molecule has 2 saturated carbocycles. The number of carboxylic acid groups (broad SMARTS) is 1. The quantitative estimate of drug-likeness (QED) is 0.358. The van der Waals surface area contributed by atoms with Crippen LogP contribution >= 0.6 is 0 Å². The molecule has 0 saturated heterocycles. The number of carbonyl (C=O) groups is 2. The van der Waals surface area contributed by atoms with Crippen molar-refractivity contribution in [3.05, 3.63) is 82.5 Å². The standard InChI is InChI=1S/C33H31F5O4/c1-30-17-26(19-7-5-18(6-8-19)20-3-2-4-22(15-20)29(40)41)28-24-12-10-23(39)16-21(24)9-11-25(28)27(30)13-14-31(30,42)32(34,35)33(36,37)38/h2-8,15-16,25-27,42H,9-14,17H2,1H3,(H,40,41)/t25?,26-,27?,30+,31+/m1/s1. The van der Waals surface area contributed by atoms with Gasteiger partial charge in [-0.15, -0.1) is 0 Å². The molecular weight excluding hydrogens is 555 g/mol. The summed E-state index contributed by atoms with van der Waals surface area (Å²) in [7, 11) is 0. The van der Waals surface area contributed by atoms with Crippen LogP contribution in [0.25, 0.3) is 11.1 Å². The summed E-state index contributed by atoms with van der Waals surface area (Å²) < 4.78 is 71.6. The third-order valence-corrected chi connectivity index (χ3v) is 10.5. The second-order valence-electron chi connectivity index (χ2n) is 12.5. The molecule has 222 valence electrons. The molecule has 2 unspecified atom stereocenters. The summed E-state index contributed by atoms with van der Waals surface area (Å²) in [6.07, 6.45) is -3.05. The number of halogens is 5. The lowest BCUT2D eigenvalue weighted by molar-refractivity contribution is -0.362. The second kappa shape index (κ2) is 9.59. The van der Waals surface area contributed by atoms with Crippen LogP contribution in [0.3, 0.4) is 0 Å². The largest absolute Gasteiger partial charge is 0.478 e. The maximum absolute atomic E-state index is 15.2. The van der Waals surface area contributed by atoms with Crippen molar-refractivity contribution >= 4 is 11.8 Å². The van der Waals surface area contributed by atoms with Crippen LogP contribution in [0.2, 0.25) is 0 Å². The van der Waals surface area contributed by atoms with E-state index in [9.17, 15) is 33.0 Å². The van der Waals surface area contributed by atoms with Crippen molar-refractivity contribution in [2.75, 3.05) is 0 Å². The van der Waals surface area contributed by atoms with Crippen molar-refractivity contribution < 1.29 is 41.8 Å². The molecule has 0 bridgehead atoms. The number of aliphatic hydroxyl groups is 1. The zero-order valence-corrected chi connectivity index (χ0v) is 23.0. The average molecular weight is 587 g/mol. The normalized spacial score (nSPS) is 31.3. The number of ketones is 1. The van der Waals surface area contributed by atoms with E-state index in [1.807, 2.05) is 12.1 Å². The van der Waals surface area contributed by atoms with Crippen molar-refractivity contribution in [1.29, 1.82) is 0 Å². The molecule has 0 amide bonds. The minimum Gasteiger partial charge on any atom is -0.478 e. The number of hydrogen-bond acceptors (Lipinski definition) is 3. The van der Waals surface area contributed by atoms with E-state index >= 15 is 8.78 Å². The van der Waals surface area contributed by atoms with Crippen LogP contribution in [0.5, 0.6) is 0 Å². The van der Waals surface area contributed by atoms with Gasteiger partial charge in [0.1, 0.15) is 5.60 Å². The number of aromatic carboxylic acids is 1. The Morgan fingerprint density at radius 3 is 2.33 bits per heavy atom. The molecule has 2 fully saturated rings. The van der Waals surface area contributed by atoms with Crippen molar-refractivity contribution in [1.82, 2.24) is 0 Å². The molecule has 0 aromatic heterocycles. The Labute approximate surface area is 239 Å². The van der Waals surface area contributed by atoms with E-state index in [0.717, 1.165) is 27.8 Å². The highest BCUT2D eigenvalue weighted by molar-refractivity contribution is 5.93. The van der Waals surface area contributed by atoms with Crippen molar-refractivity contribution in [2.45, 2.75) is 75.5 Å². The van der Waals surface area contributed by atoms with E-state index in [2.05, 4.69) is 0 Å². The van der Waals surface area contributed by atoms with Gasteiger partial charge in [-0.1, -0.05) is 48.9 Å². The molecule has 4 nitrogen and oxygen atoms in total. The van der Waals surface area contributed by atoms with Gasteiger partial charge in [-0.25, -0.2) is 4.79 Å². The summed E-state index contributed by atoms with van der Waals surface area (Å²) in [6.45, 7) is 1.40. The first kappa shape index (κ1) is 28.8. The van der Waals surface area contributed by atoms with E-state index in [-0.39, 0.29) is 30.1 Å². The highest BCUT2D eigenvalue weighted by atomic mass is 19.4. The van der Waals surface area contributed by atoms with Gasteiger partial charge >= 0.3 is 18.1 Å². The molecule has 2 aromatic carbocycles. The number of allylic oxidation sites excluding steroid dienone is 4. The molecule has 4 aliphatic carbocycles. The summed E-state index contributed by atoms with van der Waals surface area (Å²) >= 11 is 0. The first-order valence-electron chi connectivity index (χ1n) is 14.3. The molecule has 42 heavy (non-hydrogen) atoms. The molecule has 2 aromatic rings. The van der Waals surface area contributed by atoms with Gasteiger partial charge < -0.3 is 10.2 Å². The van der Waals surface area contributed by atoms with E-state index < -0.39 is 47.3 Å². The lowest BCUT2D eigenvalue weighted by Gasteiger charge is -2.56. The van der Waals surface area contributed by atoms with Gasteiger partial charge in [0.15, 0.2) is 5.78 Å². The van der Waals surface area contributed by atoms with Crippen LogP contribution in [0.1, 0.15) is 73.7 Å². The van der Waals surface area contributed by atoms with E-state index in [1.54, 1.807) is 36.4 Å². The average Bonchev–Trinajstić information content (AvgIpc) is 3.23. The van der Waals surface area contributed by atoms with Crippen molar-refractivity contribution in [3.8, 4) is 11.1 Å². The monoisotopic (exact) mass is 586 g/mol. The Kier molecular flexibility index (Phi) is 6.57. The van der Waals surface area contributed by atoms with Crippen LogP contribution in [-0.2, 0) is 4.79 Å². The Morgan fingerprint density at radius 2 is 1.67 bits per heavy atom. The van der Waals surface area contributed by atoms with Crippen LogP contribution in [0.4, 0.5) is 22.0 Å². The molecule has 0 heterocycles. The molecular formula is C33H31F5O4. The number of hydrogen-bond donors (Lipinski definition) is 2. The molecule has 0 aliphatic heterocycles. The predicted octanol–water partition coefficient (Wildman–Crippen LogP) is 7.88. The highest BCUT2D eigenvalue weighted by Crippen LogP contribution is 2.70. The molecule has 9 heteroatoms. The minimum absolute atomic E-state index is 0.0259. The zero-order chi connectivity index (χ0) is 30.2. The van der Waals surface area contributed by atoms with Gasteiger partial charge in [0, 0.05) is 17.8 Å². The fraction of sp³-hybridized carbons (Fsp3) is 0.455. The van der Waals surface area contributed by atoms with Crippen LogP contribution in [0, 0.1) is 17.3 Å². The number of alkyl halides is 5. The molecule has 6 rings (SSSR count). The third kappa shape index (κ3) is 4.10. The van der Waals surface area contributed by atoms with E-state index in [0.29, 0.717) is 31.2 Å². The zero-order valence-electron chi connectivity index (χ0n) is 23.0. The summed E-state index contributed by atoms with van der Waals surface area (Å²) in [5.74, 6) is -7.71. The lowest BCUT2D eigenvalue weighted by atomic mass is 9.50. The van der Waals surface area contributed by atoms with Gasteiger partial charge in [-0.2, -0.15) is 22.0 Å². The topological polar surface area (TPSA) is 74.6 Å². The number of fused-ring (bicyclic) bond motifs is 4. The highest BCUT2D eigenvalue weighted by Gasteiger charge is 2.79. The number of carbonyl (C=O) groups excluding carboxylic acids is 1. The fourth-order valence-corrected chi connectivity index (χ4v) is 8.45. The van der Waals surface area contributed by atoms with Gasteiger partial charge in [-0.05, 0) is 96.4 Å². The summed E-state index contributed by atoms with van der Waals surface area (Å²) in [4.78, 5) is 23.7. The number of benzene rings is 2. The smallest absolute Gasteiger partial charge is 0.456 e. The Hall–Kier alpha value is -3.33. The first-order chi connectivity index (χ1) is 19.7. The predicted molar refractivity (Wildman–Crippen MR) is 145 cm³/mol. The fourth-order valence-electron chi connectivity index (χ4n) is 8.45. The molecule has 4 aliphatic rings. The summed E-state index contributed by atoms with van der Waals surface area (Å²) in [5.41, 5.74) is 0.197. The third-order valence-electron chi connectivity index (χ3n) is 10.5. The lowest BCUT2D eigenvalue weighted by Crippen LogP contribution is -2.65. The maximum Gasteiger partial charge on any atom is 0.456 e. The van der Waals surface area contributed by atoms with Crippen LogP contribution < -0.4 is 0 Å². The van der Waals surface area contributed by atoms with Gasteiger partial charge in [-0.3, -0.25) is 4.79 Å².